The molecule has 4 N–H and O–H groups in total. The monoisotopic (exact) mass is 419 g/mol. The maximum Gasteiger partial charge on any atom is 0.335 e. The molecule has 31 heavy (non-hydrogen) atoms. The molecule has 2 aromatic heterocycles. The predicted molar refractivity (Wildman–Crippen MR) is 111 cm³/mol. The molecule has 0 fully saturated rings. The van der Waals surface area contributed by atoms with Crippen LogP contribution < -0.4 is 14.8 Å². The fourth-order valence-corrected chi connectivity index (χ4v) is 3.23. The van der Waals surface area contributed by atoms with Gasteiger partial charge in [0, 0.05) is 17.4 Å². The van der Waals surface area contributed by atoms with Gasteiger partial charge in [-0.25, -0.2) is 14.3 Å². The molecule has 0 radical (unpaired) electrons. The number of aromatic hydroxyl groups is 1. The van der Waals surface area contributed by atoms with Crippen molar-refractivity contribution < 1.29 is 24.5 Å². The Kier molecular flexibility index (Phi) is 4.85. The van der Waals surface area contributed by atoms with Gasteiger partial charge in [0.15, 0.2) is 23.0 Å². The van der Waals surface area contributed by atoms with E-state index >= 15 is 0 Å². The van der Waals surface area contributed by atoms with Crippen molar-refractivity contribution in [3.8, 4) is 34.6 Å². The number of nitrogens with zero attached hydrogens (tertiary/aromatic N) is 3. The molecular formula is C21H17N5O5. The fourth-order valence-electron chi connectivity index (χ4n) is 3.23. The maximum absolute atomic E-state index is 11.1. The number of carboxylic acids is 1. The molecule has 0 saturated heterocycles. The summed E-state index contributed by atoms with van der Waals surface area (Å²) in [6.07, 6.45) is 1.52. The Morgan fingerprint density at radius 2 is 1.97 bits per heavy atom. The maximum atomic E-state index is 11.1. The number of imidazole rings is 1. The van der Waals surface area contributed by atoms with Gasteiger partial charge in [-0.05, 0) is 36.4 Å². The van der Waals surface area contributed by atoms with Crippen LogP contribution in [0.15, 0.2) is 42.6 Å². The lowest BCUT2D eigenvalue weighted by Crippen LogP contribution is -2.00. The number of phenols is 1. The second-order valence-electron chi connectivity index (χ2n) is 6.51. The highest BCUT2D eigenvalue weighted by Crippen LogP contribution is 2.42. The number of aromatic nitrogens is 3. The van der Waals surface area contributed by atoms with Crippen LogP contribution in [-0.4, -0.2) is 45.0 Å². The lowest BCUT2D eigenvalue weighted by molar-refractivity contribution is 0.0697. The van der Waals surface area contributed by atoms with Crippen LogP contribution in [0.3, 0.4) is 0 Å². The summed E-state index contributed by atoms with van der Waals surface area (Å²) in [4.78, 5) is 15.7. The molecule has 0 saturated carbocycles. The molecule has 0 amide bonds. The first-order chi connectivity index (χ1) is 15.0. The molecule has 0 bridgehead atoms. The average molecular weight is 419 g/mol. The highest BCUT2D eigenvalue weighted by molar-refractivity contribution is 5.88. The van der Waals surface area contributed by atoms with Crippen LogP contribution in [0, 0.1) is 11.3 Å². The number of fused-ring (bicyclic) bond motifs is 1. The van der Waals surface area contributed by atoms with Gasteiger partial charge in [0.1, 0.15) is 17.3 Å². The number of nitrogens with one attached hydrogen (secondary N) is 2. The number of hydrogen-bond acceptors (Lipinski definition) is 7. The fraction of sp³-hybridized carbons (Fsp3) is 0.0952. The number of aromatic amines is 1. The van der Waals surface area contributed by atoms with Gasteiger partial charge >= 0.3 is 5.97 Å². The van der Waals surface area contributed by atoms with E-state index in [-0.39, 0.29) is 17.1 Å². The summed E-state index contributed by atoms with van der Waals surface area (Å²) in [6, 6.07) is 11.4. The Morgan fingerprint density at radius 3 is 2.58 bits per heavy atom. The molecule has 4 rings (SSSR count). The molecule has 2 aromatic carbocycles. The van der Waals surface area contributed by atoms with Crippen LogP contribution in [-0.2, 0) is 0 Å². The van der Waals surface area contributed by atoms with Gasteiger partial charge in [0.25, 0.3) is 0 Å². The number of hydrogen-bond donors (Lipinski definition) is 4. The topological polar surface area (TPSA) is 145 Å². The lowest BCUT2D eigenvalue weighted by Gasteiger charge is -2.12. The number of anilines is 2. The molecule has 0 spiro atoms. The molecule has 0 unspecified atom stereocenters. The van der Waals surface area contributed by atoms with Gasteiger partial charge in [-0.3, -0.25) is 5.10 Å². The van der Waals surface area contributed by atoms with E-state index in [2.05, 4.69) is 21.5 Å². The summed E-state index contributed by atoms with van der Waals surface area (Å²) in [7, 11) is 2.87. The average Bonchev–Trinajstić information content (AvgIpc) is 3.33. The Labute approximate surface area is 175 Å². The third kappa shape index (κ3) is 3.34. The summed E-state index contributed by atoms with van der Waals surface area (Å²) < 4.78 is 12.1. The van der Waals surface area contributed by atoms with E-state index in [1.807, 2.05) is 0 Å². The SMILES string of the molecule is COc1cc(-c2nc3c(C#N)c[nH]n3c2Nc2ccc(C(=O)O)cc2)cc(O)c1OC. The molecule has 156 valence electrons. The van der Waals surface area contributed by atoms with Crippen molar-refractivity contribution in [2.75, 3.05) is 19.5 Å². The number of nitriles is 1. The van der Waals surface area contributed by atoms with Crippen molar-refractivity contribution in [1.29, 1.82) is 5.26 Å². The molecule has 10 heteroatoms. The molecule has 4 aromatic rings. The Balaban J connectivity index is 1.88. The Morgan fingerprint density at radius 1 is 1.23 bits per heavy atom. The third-order valence-corrected chi connectivity index (χ3v) is 4.70. The molecular weight excluding hydrogens is 402 g/mol. The van der Waals surface area contributed by atoms with Crippen LogP contribution in [0.25, 0.3) is 16.9 Å². The summed E-state index contributed by atoms with van der Waals surface area (Å²) >= 11 is 0. The number of H-pyrrole nitrogens is 1. The molecule has 0 aliphatic heterocycles. The first-order valence-electron chi connectivity index (χ1n) is 9.02. The number of phenolic OH excluding ortho intramolecular Hbond substituents is 1. The van der Waals surface area contributed by atoms with E-state index in [0.29, 0.717) is 39.7 Å². The molecule has 2 heterocycles. The number of rotatable bonds is 6. The highest BCUT2D eigenvalue weighted by atomic mass is 16.5. The molecule has 10 nitrogen and oxygen atoms in total. The smallest absolute Gasteiger partial charge is 0.335 e. The minimum atomic E-state index is -1.03. The van der Waals surface area contributed by atoms with E-state index in [9.17, 15) is 15.2 Å². The first kappa shape index (κ1) is 19.7. The number of aromatic carboxylic acids is 1. The van der Waals surface area contributed by atoms with Crippen LogP contribution in [0.4, 0.5) is 11.5 Å². The van der Waals surface area contributed by atoms with Crippen LogP contribution in [0.2, 0.25) is 0 Å². The van der Waals surface area contributed by atoms with Gasteiger partial charge in [0.05, 0.1) is 19.8 Å². The zero-order chi connectivity index (χ0) is 22.1. The second-order valence-corrected chi connectivity index (χ2v) is 6.51. The zero-order valence-corrected chi connectivity index (χ0v) is 16.5. The van der Waals surface area contributed by atoms with Crippen molar-refractivity contribution in [2.45, 2.75) is 0 Å². The number of methoxy groups -OCH3 is 2. The zero-order valence-electron chi connectivity index (χ0n) is 16.5. The van der Waals surface area contributed by atoms with Crippen LogP contribution in [0.5, 0.6) is 17.2 Å². The highest BCUT2D eigenvalue weighted by Gasteiger charge is 2.21. The van der Waals surface area contributed by atoms with Crippen molar-refractivity contribution in [1.82, 2.24) is 14.6 Å². The van der Waals surface area contributed by atoms with E-state index in [0.717, 1.165) is 0 Å². The summed E-state index contributed by atoms with van der Waals surface area (Å²) in [6.45, 7) is 0. The van der Waals surface area contributed by atoms with E-state index < -0.39 is 5.97 Å². The minimum absolute atomic E-state index is 0.134. The number of ether oxygens (including phenoxy) is 2. The lowest BCUT2D eigenvalue weighted by atomic mass is 10.1. The van der Waals surface area contributed by atoms with Crippen LogP contribution in [0.1, 0.15) is 15.9 Å². The quantitative estimate of drug-likeness (QED) is 0.372. The number of carbonyl (C=O) groups is 1. The van der Waals surface area contributed by atoms with E-state index in [1.54, 1.807) is 22.7 Å². The van der Waals surface area contributed by atoms with E-state index in [4.69, 9.17) is 14.6 Å². The summed E-state index contributed by atoms with van der Waals surface area (Å²) in [5.74, 6) is -0.182. The first-order valence-corrected chi connectivity index (χ1v) is 9.02. The van der Waals surface area contributed by atoms with Crippen molar-refractivity contribution >= 4 is 23.1 Å². The van der Waals surface area contributed by atoms with Gasteiger partial charge in [-0.1, -0.05) is 0 Å². The summed E-state index contributed by atoms with van der Waals surface area (Å²) in [5, 5.41) is 35.0. The third-order valence-electron chi connectivity index (χ3n) is 4.70. The molecule has 0 aliphatic carbocycles. The Hall–Kier alpha value is -4.65. The largest absolute Gasteiger partial charge is 0.504 e. The van der Waals surface area contributed by atoms with Gasteiger partial charge in [-0.15, -0.1) is 0 Å². The standard InChI is InChI=1S/C21H17N5O5/c1-30-16-8-12(7-15(27)18(16)31-2)17-20(26-19(25-17)13(9-22)10-23-26)24-14-5-3-11(4-6-14)21(28)29/h3-8,10,23-24,27H,1-2H3,(H,28,29). The van der Waals surface area contributed by atoms with Gasteiger partial charge < -0.3 is 25.0 Å². The molecule has 0 aliphatic rings. The number of carboxylic acid groups (broad SMARTS) is 1. The van der Waals surface area contributed by atoms with E-state index in [1.165, 1.54) is 38.6 Å². The minimum Gasteiger partial charge on any atom is -0.504 e. The second kappa shape index (κ2) is 7.64. The van der Waals surface area contributed by atoms with Crippen molar-refractivity contribution in [3.05, 3.63) is 53.7 Å². The van der Waals surface area contributed by atoms with Crippen molar-refractivity contribution in [2.24, 2.45) is 0 Å². The Bertz CT molecular complexity index is 1330. The summed E-state index contributed by atoms with van der Waals surface area (Å²) in [5.41, 5.74) is 2.42. The van der Waals surface area contributed by atoms with Crippen LogP contribution >= 0.6 is 0 Å². The predicted octanol–water partition coefficient (Wildman–Crippen LogP) is 3.37. The molecule has 0 atom stereocenters. The number of benzene rings is 2. The van der Waals surface area contributed by atoms with Gasteiger partial charge in [0.2, 0.25) is 5.75 Å². The van der Waals surface area contributed by atoms with Crippen molar-refractivity contribution in [3.63, 3.8) is 0 Å². The van der Waals surface area contributed by atoms with Gasteiger partial charge in [-0.2, -0.15) is 5.26 Å². The normalized spacial score (nSPS) is 10.6.